The molecular formula is C20H22N4O3S2. The maximum atomic E-state index is 12.3. The number of aromatic amines is 1. The normalized spacial score (nSPS) is 11.0. The molecule has 3 N–H and O–H groups in total. The van der Waals surface area contributed by atoms with Crippen LogP contribution in [0.3, 0.4) is 0 Å². The summed E-state index contributed by atoms with van der Waals surface area (Å²) in [7, 11) is 0. The molecule has 2 aromatic heterocycles. The van der Waals surface area contributed by atoms with Crippen LogP contribution in [0.2, 0.25) is 0 Å². The predicted molar refractivity (Wildman–Crippen MR) is 120 cm³/mol. The minimum Gasteiger partial charge on any atom is -0.326 e. The Bertz CT molecular complexity index is 1100. The number of rotatable bonds is 7. The lowest BCUT2D eigenvalue weighted by atomic mass is 10.2. The number of fused-ring (bicyclic) bond motifs is 1. The van der Waals surface area contributed by atoms with Gasteiger partial charge in [0.15, 0.2) is 0 Å². The molecule has 0 aliphatic carbocycles. The van der Waals surface area contributed by atoms with Gasteiger partial charge in [-0.05, 0) is 30.2 Å². The van der Waals surface area contributed by atoms with Crippen LogP contribution in [0.25, 0.3) is 10.2 Å². The van der Waals surface area contributed by atoms with E-state index in [0.717, 1.165) is 9.71 Å². The molecule has 0 saturated heterocycles. The molecule has 0 spiro atoms. The number of thioether (sulfide) groups is 1. The van der Waals surface area contributed by atoms with Crippen molar-refractivity contribution in [1.29, 1.82) is 0 Å². The van der Waals surface area contributed by atoms with Gasteiger partial charge in [-0.2, -0.15) is 0 Å². The van der Waals surface area contributed by atoms with Crippen LogP contribution in [-0.4, -0.2) is 27.5 Å². The Morgan fingerprint density at radius 3 is 2.62 bits per heavy atom. The molecule has 0 fully saturated rings. The number of anilines is 2. The molecule has 0 atom stereocenters. The molecule has 29 heavy (non-hydrogen) atoms. The van der Waals surface area contributed by atoms with Gasteiger partial charge >= 0.3 is 0 Å². The average Bonchev–Trinajstić information content (AvgIpc) is 3.06. The standard InChI is InChI=1S/C20H22N4O3S2/c1-11(2)16-8-15-19(27)23-17(24-20(15)29-16)9-28-10-18(26)22-14-6-4-5-13(7-14)21-12(3)25/h4-8,11H,9-10H2,1-3H3,(H,21,25)(H,22,26)(H,23,24,27). The van der Waals surface area contributed by atoms with Gasteiger partial charge in [0.25, 0.3) is 5.56 Å². The highest BCUT2D eigenvalue weighted by atomic mass is 32.2. The molecule has 0 saturated carbocycles. The fraction of sp³-hybridized carbons (Fsp3) is 0.300. The van der Waals surface area contributed by atoms with Crippen molar-refractivity contribution in [2.45, 2.75) is 32.4 Å². The highest BCUT2D eigenvalue weighted by molar-refractivity contribution is 7.99. The molecule has 3 aromatic rings. The Kier molecular flexibility index (Phi) is 6.71. The third kappa shape index (κ3) is 5.68. The lowest BCUT2D eigenvalue weighted by Gasteiger charge is -2.07. The zero-order valence-corrected chi connectivity index (χ0v) is 18.0. The molecule has 2 heterocycles. The van der Waals surface area contributed by atoms with Gasteiger partial charge in [-0.25, -0.2) is 4.98 Å². The fourth-order valence-electron chi connectivity index (χ4n) is 2.66. The van der Waals surface area contributed by atoms with E-state index in [9.17, 15) is 14.4 Å². The molecule has 7 nitrogen and oxygen atoms in total. The van der Waals surface area contributed by atoms with Crippen molar-refractivity contribution >= 4 is 56.5 Å². The number of benzene rings is 1. The van der Waals surface area contributed by atoms with Crippen molar-refractivity contribution in [3.05, 3.63) is 51.4 Å². The number of nitrogens with one attached hydrogen (secondary N) is 3. The molecule has 3 rings (SSSR count). The third-order valence-electron chi connectivity index (χ3n) is 3.98. The van der Waals surface area contributed by atoms with Crippen molar-refractivity contribution in [2.75, 3.05) is 16.4 Å². The van der Waals surface area contributed by atoms with Crippen LogP contribution >= 0.6 is 23.1 Å². The highest BCUT2D eigenvalue weighted by Gasteiger charge is 2.12. The van der Waals surface area contributed by atoms with Crippen LogP contribution < -0.4 is 16.2 Å². The summed E-state index contributed by atoms with van der Waals surface area (Å²) in [6.07, 6.45) is 0. The Hall–Kier alpha value is -2.65. The van der Waals surface area contributed by atoms with Crippen LogP contribution in [0.1, 0.15) is 37.4 Å². The molecule has 9 heteroatoms. The SMILES string of the molecule is CC(=O)Nc1cccc(NC(=O)CSCc2nc3sc(C(C)C)cc3c(=O)[nH]2)c1. The van der Waals surface area contributed by atoms with E-state index in [-0.39, 0.29) is 23.1 Å². The van der Waals surface area contributed by atoms with Gasteiger partial charge < -0.3 is 15.6 Å². The van der Waals surface area contributed by atoms with Crippen LogP contribution in [0.5, 0.6) is 0 Å². The second kappa shape index (κ2) is 9.23. The van der Waals surface area contributed by atoms with Gasteiger partial charge in [-0.15, -0.1) is 23.1 Å². The molecule has 152 valence electrons. The molecule has 2 amide bonds. The Morgan fingerprint density at radius 1 is 1.21 bits per heavy atom. The van der Waals surface area contributed by atoms with Crippen LogP contribution in [0.4, 0.5) is 11.4 Å². The maximum absolute atomic E-state index is 12.3. The number of carbonyl (C=O) groups excluding carboxylic acids is 2. The number of aromatic nitrogens is 2. The molecule has 0 bridgehead atoms. The second-order valence-corrected chi connectivity index (χ2v) is 8.89. The summed E-state index contributed by atoms with van der Waals surface area (Å²) < 4.78 is 0. The molecular weight excluding hydrogens is 408 g/mol. The Labute approximate surface area is 176 Å². The lowest BCUT2D eigenvalue weighted by Crippen LogP contribution is -2.15. The van der Waals surface area contributed by atoms with Crippen LogP contribution in [-0.2, 0) is 15.3 Å². The summed E-state index contributed by atoms with van der Waals surface area (Å²) in [5, 5.41) is 6.09. The zero-order chi connectivity index (χ0) is 21.0. The van der Waals surface area contributed by atoms with Crippen molar-refractivity contribution < 1.29 is 9.59 Å². The maximum Gasteiger partial charge on any atom is 0.259 e. The van der Waals surface area contributed by atoms with Gasteiger partial charge in [0.05, 0.1) is 16.9 Å². The highest BCUT2D eigenvalue weighted by Crippen LogP contribution is 2.27. The average molecular weight is 431 g/mol. The summed E-state index contributed by atoms with van der Waals surface area (Å²) in [5.41, 5.74) is 1.08. The largest absolute Gasteiger partial charge is 0.326 e. The first kappa shape index (κ1) is 21.1. The van der Waals surface area contributed by atoms with E-state index in [1.165, 1.54) is 30.0 Å². The molecule has 0 radical (unpaired) electrons. The number of hydrogen-bond donors (Lipinski definition) is 3. The number of carbonyl (C=O) groups is 2. The van der Waals surface area contributed by atoms with Crippen LogP contribution in [0, 0.1) is 0 Å². The first-order chi connectivity index (χ1) is 13.8. The van der Waals surface area contributed by atoms with Crippen molar-refractivity contribution in [3.63, 3.8) is 0 Å². The predicted octanol–water partition coefficient (Wildman–Crippen LogP) is 3.94. The quantitative estimate of drug-likeness (QED) is 0.527. The third-order valence-corrected chi connectivity index (χ3v) is 6.25. The fourth-order valence-corrected chi connectivity index (χ4v) is 4.41. The summed E-state index contributed by atoms with van der Waals surface area (Å²) in [4.78, 5) is 44.8. The minimum absolute atomic E-state index is 0.145. The number of nitrogens with zero attached hydrogens (tertiary/aromatic N) is 1. The lowest BCUT2D eigenvalue weighted by molar-refractivity contribution is -0.114. The van der Waals surface area contributed by atoms with Gasteiger partial charge in [0, 0.05) is 23.2 Å². The number of hydrogen-bond acceptors (Lipinski definition) is 6. The molecule has 0 unspecified atom stereocenters. The summed E-state index contributed by atoms with van der Waals surface area (Å²) >= 11 is 2.90. The van der Waals surface area contributed by atoms with Gasteiger partial charge in [0.2, 0.25) is 11.8 Å². The first-order valence-corrected chi connectivity index (χ1v) is 11.1. The Balaban J connectivity index is 1.57. The topological polar surface area (TPSA) is 104 Å². The zero-order valence-electron chi connectivity index (χ0n) is 16.4. The summed E-state index contributed by atoms with van der Waals surface area (Å²) in [5.74, 6) is 1.21. The van der Waals surface area contributed by atoms with Gasteiger partial charge in [-0.1, -0.05) is 19.9 Å². The van der Waals surface area contributed by atoms with Crippen molar-refractivity contribution in [3.8, 4) is 0 Å². The Morgan fingerprint density at radius 2 is 1.93 bits per heavy atom. The van der Waals surface area contributed by atoms with Crippen molar-refractivity contribution in [1.82, 2.24) is 9.97 Å². The van der Waals surface area contributed by atoms with E-state index in [1.54, 1.807) is 24.3 Å². The first-order valence-electron chi connectivity index (χ1n) is 9.09. The second-order valence-electron chi connectivity index (χ2n) is 6.84. The van der Waals surface area contributed by atoms with E-state index >= 15 is 0 Å². The van der Waals surface area contributed by atoms with Crippen LogP contribution in [0.15, 0.2) is 35.1 Å². The summed E-state index contributed by atoms with van der Waals surface area (Å²) in [6, 6.07) is 8.85. The minimum atomic E-state index is -0.172. The van der Waals surface area contributed by atoms with E-state index in [2.05, 4.69) is 34.4 Å². The van der Waals surface area contributed by atoms with Crippen molar-refractivity contribution in [2.24, 2.45) is 0 Å². The van der Waals surface area contributed by atoms with E-state index in [4.69, 9.17) is 0 Å². The monoisotopic (exact) mass is 430 g/mol. The smallest absolute Gasteiger partial charge is 0.259 e. The van der Waals surface area contributed by atoms with E-state index in [0.29, 0.717) is 34.3 Å². The van der Waals surface area contributed by atoms with E-state index in [1.807, 2.05) is 6.07 Å². The van der Waals surface area contributed by atoms with Gasteiger partial charge in [0.1, 0.15) is 10.7 Å². The number of H-pyrrole nitrogens is 1. The number of thiophene rings is 1. The van der Waals surface area contributed by atoms with E-state index < -0.39 is 0 Å². The number of amides is 2. The molecule has 0 aliphatic rings. The van der Waals surface area contributed by atoms with Gasteiger partial charge in [-0.3, -0.25) is 14.4 Å². The molecule has 1 aromatic carbocycles. The molecule has 0 aliphatic heterocycles. The summed E-state index contributed by atoms with van der Waals surface area (Å²) in [6.45, 7) is 5.59.